The fourth-order valence-corrected chi connectivity index (χ4v) is 2.90. The zero-order valence-electron chi connectivity index (χ0n) is 12.5. The summed E-state index contributed by atoms with van der Waals surface area (Å²) in [4.78, 5) is 13.6. The number of rotatable bonds is 2. The van der Waals surface area contributed by atoms with E-state index in [1.54, 1.807) is 12.5 Å². The highest BCUT2D eigenvalue weighted by molar-refractivity contribution is 5.92. The van der Waals surface area contributed by atoms with Crippen molar-refractivity contribution in [3.63, 3.8) is 0 Å². The molecule has 6 heteroatoms. The fourth-order valence-electron chi connectivity index (χ4n) is 2.90. The maximum Gasteiger partial charge on any atom is 0.139 e. The molecule has 0 amide bonds. The van der Waals surface area contributed by atoms with Crippen molar-refractivity contribution in [1.82, 2.24) is 25.1 Å². The van der Waals surface area contributed by atoms with Gasteiger partial charge in [-0.3, -0.25) is 5.10 Å². The molecule has 1 saturated heterocycles. The van der Waals surface area contributed by atoms with Crippen LogP contribution in [0, 0.1) is 0 Å². The lowest BCUT2D eigenvalue weighted by molar-refractivity contribution is 0.312. The number of benzene rings is 1. The highest BCUT2D eigenvalue weighted by atomic mass is 15.3. The van der Waals surface area contributed by atoms with Crippen molar-refractivity contribution in [2.24, 2.45) is 0 Å². The molecule has 0 radical (unpaired) electrons. The molecule has 4 rings (SSSR count). The lowest BCUT2D eigenvalue weighted by Crippen LogP contribution is -2.44. The largest absolute Gasteiger partial charge is 0.353 e. The van der Waals surface area contributed by atoms with Crippen LogP contribution in [0.2, 0.25) is 0 Å². The fraction of sp³-hybridized carbons (Fsp3) is 0.312. The molecule has 0 atom stereocenters. The maximum absolute atomic E-state index is 4.55. The van der Waals surface area contributed by atoms with Crippen LogP contribution in [0.25, 0.3) is 22.2 Å². The predicted molar refractivity (Wildman–Crippen MR) is 86.8 cm³/mol. The average molecular weight is 294 g/mol. The number of aromatic nitrogens is 4. The Hall–Kier alpha value is -2.47. The minimum atomic E-state index is 0.979. The number of hydrogen-bond donors (Lipinski definition) is 1. The Balaban J connectivity index is 1.79. The molecule has 2 aromatic heterocycles. The summed E-state index contributed by atoms with van der Waals surface area (Å²) in [5.74, 6) is 1.03. The number of hydrogen-bond acceptors (Lipinski definition) is 5. The van der Waals surface area contributed by atoms with Gasteiger partial charge in [0.2, 0.25) is 0 Å². The SMILES string of the molecule is CN1CCN(c2ncnc3ccc(-c4ccn[nH]4)cc23)CC1. The van der Waals surface area contributed by atoms with Crippen molar-refractivity contribution >= 4 is 16.7 Å². The normalized spacial score (nSPS) is 16.3. The van der Waals surface area contributed by atoms with Crippen molar-refractivity contribution < 1.29 is 0 Å². The summed E-state index contributed by atoms with van der Waals surface area (Å²) in [5.41, 5.74) is 3.09. The van der Waals surface area contributed by atoms with Crippen molar-refractivity contribution in [3.8, 4) is 11.3 Å². The quantitative estimate of drug-likeness (QED) is 0.780. The van der Waals surface area contributed by atoms with E-state index in [-0.39, 0.29) is 0 Å². The Kier molecular flexibility index (Phi) is 3.23. The highest BCUT2D eigenvalue weighted by Gasteiger charge is 2.18. The van der Waals surface area contributed by atoms with Crippen LogP contribution in [0.15, 0.2) is 36.8 Å². The van der Waals surface area contributed by atoms with Gasteiger partial charge in [0.25, 0.3) is 0 Å². The van der Waals surface area contributed by atoms with Gasteiger partial charge in [0.05, 0.1) is 11.2 Å². The minimum absolute atomic E-state index is 0.979. The number of piperazine rings is 1. The van der Waals surface area contributed by atoms with Crippen molar-refractivity contribution in [1.29, 1.82) is 0 Å². The number of likely N-dealkylation sites (N-methyl/N-ethyl adjacent to an activating group) is 1. The van der Waals surface area contributed by atoms with Gasteiger partial charge in [0, 0.05) is 43.3 Å². The van der Waals surface area contributed by atoms with Crippen molar-refractivity contribution in [2.75, 3.05) is 38.1 Å². The van der Waals surface area contributed by atoms with Gasteiger partial charge in [-0.05, 0) is 25.2 Å². The van der Waals surface area contributed by atoms with Gasteiger partial charge in [0.15, 0.2) is 0 Å². The molecular formula is C16H18N6. The molecule has 6 nitrogen and oxygen atoms in total. The number of fused-ring (bicyclic) bond motifs is 1. The zero-order valence-corrected chi connectivity index (χ0v) is 12.5. The molecular weight excluding hydrogens is 276 g/mol. The van der Waals surface area contributed by atoms with Crippen LogP contribution in [0.5, 0.6) is 0 Å². The molecule has 1 aliphatic heterocycles. The van der Waals surface area contributed by atoms with Crippen LogP contribution in [0.3, 0.4) is 0 Å². The van der Waals surface area contributed by atoms with E-state index < -0.39 is 0 Å². The lowest BCUT2D eigenvalue weighted by atomic mass is 10.1. The molecule has 0 saturated carbocycles. The van der Waals surface area contributed by atoms with Gasteiger partial charge in [0.1, 0.15) is 12.1 Å². The third-order valence-electron chi connectivity index (χ3n) is 4.23. The van der Waals surface area contributed by atoms with Crippen LogP contribution in [0.4, 0.5) is 5.82 Å². The van der Waals surface area contributed by atoms with E-state index in [9.17, 15) is 0 Å². The Morgan fingerprint density at radius 1 is 1.05 bits per heavy atom. The monoisotopic (exact) mass is 294 g/mol. The van der Waals surface area contributed by atoms with Gasteiger partial charge in [-0.2, -0.15) is 5.10 Å². The summed E-state index contributed by atoms with van der Waals surface area (Å²) in [6, 6.07) is 8.24. The van der Waals surface area contributed by atoms with Crippen molar-refractivity contribution in [3.05, 3.63) is 36.8 Å². The first kappa shape index (κ1) is 13.2. The molecule has 0 bridgehead atoms. The van der Waals surface area contributed by atoms with Gasteiger partial charge in [-0.25, -0.2) is 9.97 Å². The topological polar surface area (TPSA) is 60.9 Å². The summed E-state index contributed by atoms with van der Waals surface area (Å²) in [6.45, 7) is 4.12. The van der Waals surface area contributed by atoms with Gasteiger partial charge >= 0.3 is 0 Å². The molecule has 0 spiro atoms. The molecule has 1 fully saturated rings. The van der Waals surface area contributed by atoms with Crippen molar-refractivity contribution in [2.45, 2.75) is 0 Å². The molecule has 0 aliphatic carbocycles. The van der Waals surface area contributed by atoms with Crippen LogP contribution in [0.1, 0.15) is 0 Å². The number of anilines is 1. The summed E-state index contributed by atoms with van der Waals surface area (Å²) in [6.07, 6.45) is 3.42. The summed E-state index contributed by atoms with van der Waals surface area (Å²) < 4.78 is 0. The molecule has 1 N–H and O–H groups in total. The summed E-state index contributed by atoms with van der Waals surface area (Å²) in [7, 11) is 2.16. The van der Waals surface area contributed by atoms with E-state index >= 15 is 0 Å². The van der Waals surface area contributed by atoms with Gasteiger partial charge in [-0.15, -0.1) is 0 Å². The first-order chi connectivity index (χ1) is 10.8. The van der Waals surface area contributed by atoms with E-state index in [1.165, 1.54) is 0 Å². The number of H-pyrrole nitrogens is 1. The smallest absolute Gasteiger partial charge is 0.139 e. The molecule has 3 heterocycles. The molecule has 0 unspecified atom stereocenters. The average Bonchev–Trinajstić information content (AvgIpc) is 3.09. The third kappa shape index (κ3) is 2.31. The molecule has 1 aliphatic rings. The van der Waals surface area contributed by atoms with Gasteiger partial charge in [-0.1, -0.05) is 6.07 Å². The molecule has 1 aromatic carbocycles. The maximum atomic E-state index is 4.55. The third-order valence-corrected chi connectivity index (χ3v) is 4.23. The van der Waals surface area contributed by atoms with E-state index in [1.807, 2.05) is 12.1 Å². The lowest BCUT2D eigenvalue weighted by Gasteiger charge is -2.33. The Morgan fingerprint density at radius 3 is 2.68 bits per heavy atom. The van der Waals surface area contributed by atoms with E-state index in [4.69, 9.17) is 0 Å². The van der Waals surface area contributed by atoms with Crippen LogP contribution in [-0.4, -0.2) is 58.3 Å². The Morgan fingerprint density at radius 2 is 1.91 bits per heavy atom. The number of aromatic amines is 1. The molecule has 22 heavy (non-hydrogen) atoms. The Labute approximate surface area is 128 Å². The zero-order chi connectivity index (χ0) is 14.9. The minimum Gasteiger partial charge on any atom is -0.353 e. The standard InChI is InChI=1S/C16H18N6/c1-21-6-8-22(9-7-21)16-13-10-12(14-4-5-19-20-14)2-3-15(13)17-11-18-16/h2-5,10-11H,6-9H2,1H3,(H,19,20). The van der Waals surface area contributed by atoms with Crippen LogP contribution >= 0.6 is 0 Å². The van der Waals surface area contributed by atoms with E-state index in [2.05, 4.69) is 49.1 Å². The second-order valence-corrected chi connectivity index (χ2v) is 5.69. The summed E-state index contributed by atoms with van der Waals surface area (Å²) >= 11 is 0. The Bertz CT molecular complexity index is 774. The predicted octanol–water partition coefficient (Wildman–Crippen LogP) is 1.77. The van der Waals surface area contributed by atoms with Gasteiger partial charge < -0.3 is 9.80 Å². The second kappa shape index (κ2) is 5.38. The van der Waals surface area contributed by atoms with E-state index in [0.717, 1.165) is 54.2 Å². The van der Waals surface area contributed by atoms with E-state index in [0.29, 0.717) is 0 Å². The van der Waals surface area contributed by atoms with Crippen LogP contribution < -0.4 is 4.90 Å². The second-order valence-electron chi connectivity index (χ2n) is 5.69. The highest BCUT2D eigenvalue weighted by Crippen LogP contribution is 2.28. The molecule has 3 aromatic rings. The van der Waals surface area contributed by atoms with Crippen LogP contribution in [-0.2, 0) is 0 Å². The first-order valence-electron chi connectivity index (χ1n) is 7.49. The summed E-state index contributed by atoms with van der Waals surface area (Å²) in [5, 5.41) is 8.14. The first-order valence-corrected chi connectivity index (χ1v) is 7.49. The number of nitrogens with zero attached hydrogens (tertiary/aromatic N) is 5. The molecule has 112 valence electrons. The number of nitrogens with one attached hydrogen (secondary N) is 1.